The van der Waals surface area contributed by atoms with Crippen molar-refractivity contribution < 1.29 is 0 Å². The fraction of sp³-hybridized carbons (Fsp3) is 0.615. The van der Waals surface area contributed by atoms with Gasteiger partial charge in [0.2, 0.25) is 0 Å². The molecule has 0 spiro atoms. The van der Waals surface area contributed by atoms with E-state index in [0.717, 1.165) is 35.5 Å². The fourth-order valence-electron chi connectivity index (χ4n) is 2.13. The Kier molecular flexibility index (Phi) is 3.15. The molecule has 2 N–H and O–H groups in total. The second-order valence-electron chi connectivity index (χ2n) is 5.03. The Balaban J connectivity index is 2.09. The maximum Gasteiger partial charge on any atom is 0.128 e. The van der Waals surface area contributed by atoms with Gasteiger partial charge in [-0.1, -0.05) is 6.92 Å². The van der Waals surface area contributed by atoms with Gasteiger partial charge in [0.1, 0.15) is 5.82 Å². The van der Waals surface area contributed by atoms with Gasteiger partial charge in [-0.05, 0) is 42.9 Å². The van der Waals surface area contributed by atoms with Gasteiger partial charge in [-0.25, -0.2) is 4.98 Å². The Hall–Kier alpha value is -1.09. The maximum absolute atomic E-state index is 5.68. The third kappa shape index (κ3) is 2.53. The van der Waals surface area contributed by atoms with Crippen molar-refractivity contribution in [3.63, 3.8) is 0 Å². The van der Waals surface area contributed by atoms with E-state index in [9.17, 15) is 0 Å². The molecule has 16 heavy (non-hydrogen) atoms. The van der Waals surface area contributed by atoms with E-state index in [1.165, 1.54) is 6.42 Å². The minimum atomic E-state index is 0.587. The largest absolute Gasteiger partial charge is 0.359 e. The normalized spacial score (nSPS) is 23.2. The molecule has 2 atom stereocenters. The summed E-state index contributed by atoms with van der Waals surface area (Å²) in [7, 11) is 2.12. The Morgan fingerprint density at radius 1 is 1.50 bits per heavy atom. The molecule has 3 heteroatoms. The number of nitrogens with zero attached hydrogens (tertiary/aromatic N) is 2. The molecule has 0 radical (unpaired) electrons. The van der Waals surface area contributed by atoms with E-state index < -0.39 is 0 Å². The van der Waals surface area contributed by atoms with Gasteiger partial charge >= 0.3 is 0 Å². The zero-order valence-electron chi connectivity index (χ0n) is 10.4. The summed E-state index contributed by atoms with van der Waals surface area (Å²) in [6.45, 7) is 6.04. The summed E-state index contributed by atoms with van der Waals surface area (Å²) < 4.78 is 0. The van der Waals surface area contributed by atoms with Crippen LogP contribution in [0, 0.1) is 18.8 Å². The highest BCUT2D eigenvalue weighted by Crippen LogP contribution is 2.38. The molecule has 1 aromatic rings. The topological polar surface area (TPSA) is 42.1 Å². The van der Waals surface area contributed by atoms with Crippen molar-refractivity contribution in [2.75, 3.05) is 18.5 Å². The Morgan fingerprint density at radius 3 is 2.75 bits per heavy atom. The van der Waals surface area contributed by atoms with E-state index >= 15 is 0 Å². The van der Waals surface area contributed by atoms with Gasteiger partial charge in [0.25, 0.3) is 0 Å². The van der Waals surface area contributed by atoms with Crippen LogP contribution in [0.3, 0.4) is 0 Å². The number of anilines is 1. The molecular weight excluding hydrogens is 198 g/mol. The summed E-state index contributed by atoms with van der Waals surface area (Å²) in [6, 6.07) is 4.15. The first-order chi connectivity index (χ1) is 7.60. The number of pyridine rings is 1. The standard InChI is InChI=1S/C13H21N3/c1-9-4-12(9)8-16(3)13-6-11(7-14)5-10(2)15-13/h5-6,9,12H,4,7-8,14H2,1-3H3. The Bertz CT molecular complexity index is 375. The zero-order valence-corrected chi connectivity index (χ0v) is 10.4. The van der Waals surface area contributed by atoms with Gasteiger partial charge in [0, 0.05) is 25.8 Å². The van der Waals surface area contributed by atoms with Gasteiger partial charge in [-0.2, -0.15) is 0 Å². The smallest absolute Gasteiger partial charge is 0.128 e. The molecule has 1 aliphatic rings. The van der Waals surface area contributed by atoms with E-state index in [-0.39, 0.29) is 0 Å². The number of nitrogens with two attached hydrogens (primary N) is 1. The first kappa shape index (κ1) is 11.4. The van der Waals surface area contributed by atoms with Crippen molar-refractivity contribution in [1.82, 2.24) is 4.98 Å². The van der Waals surface area contributed by atoms with E-state index in [1.807, 2.05) is 6.92 Å². The number of hydrogen-bond acceptors (Lipinski definition) is 3. The third-order valence-electron chi connectivity index (χ3n) is 3.41. The van der Waals surface area contributed by atoms with Crippen LogP contribution in [0.4, 0.5) is 5.82 Å². The molecule has 2 rings (SSSR count). The quantitative estimate of drug-likeness (QED) is 0.841. The predicted molar refractivity (Wildman–Crippen MR) is 67.4 cm³/mol. The molecule has 1 saturated carbocycles. The highest BCUT2D eigenvalue weighted by molar-refractivity contribution is 5.42. The van der Waals surface area contributed by atoms with Crippen LogP contribution in [0.15, 0.2) is 12.1 Å². The number of hydrogen-bond donors (Lipinski definition) is 1. The van der Waals surface area contributed by atoms with Crippen molar-refractivity contribution >= 4 is 5.82 Å². The molecule has 0 aromatic carbocycles. The molecule has 1 fully saturated rings. The highest BCUT2D eigenvalue weighted by Gasteiger charge is 2.33. The van der Waals surface area contributed by atoms with E-state index in [4.69, 9.17) is 5.73 Å². The molecule has 1 aliphatic carbocycles. The van der Waals surface area contributed by atoms with E-state index in [0.29, 0.717) is 6.54 Å². The molecular formula is C13H21N3. The third-order valence-corrected chi connectivity index (χ3v) is 3.41. The maximum atomic E-state index is 5.68. The summed E-state index contributed by atoms with van der Waals surface area (Å²) in [5.41, 5.74) is 7.89. The molecule has 2 unspecified atom stereocenters. The predicted octanol–water partition coefficient (Wildman–Crippen LogP) is 1.94. The van der Waals surface area contributed by atoms with Crippen LogP contribution >= 0.6 is 0 Å². The SMILES string of the molecule is Cc1cc(CN)cc(N(C)CC2CC2C)n1. The summed E-state index contributed by atoms with van der Waals surface area (Å²) in [6.07, 6.45) is 1.36. The van der Waals surface area contributed by atoms with E-state index in [1.54, 1.807) is 0 Å². The second-order valence-corrected chi connectivity index (χ2v) is 5.03. The molecule has 0 bridgehead atoms. The lowest BCUT2D eigenvalue weighted by atomic mass is 10.2. The van der Waals surface area contributed by atoms with Gasteiger partial charge in [0.15, 0.2) is 0 Å². The lowest BCUT2D eigenvalue weighted by Crippen LogP contribution is -2.22. The summed E-state index contributed by atoms with van der Waals surface area (Å²) in [5, 5.41) is 0. The van der Waals surface area contributed by atoms with Crippen LogP contribution in [0.2, 0.25) is 0 Å². The number of aryl methyl sites for hydroxylation is 1. The molecule has 0 amide bonds. The van der Waals surface area contributed by atoms with Crippen LogP contribution in [0.1, 0.15) is 24.6 Å². The monoisotopic (exact) mass is 219 g/mol. The Labute approximate surface area is 97.7 Å². The zero-order chi connectivity index (χ0) is 11.7. The summed E-state index contributed by atoms with van der Waals surface area (Å²) in [5.74, 6) is 2.80. The number of aromatic nitrogens is 1. The molecule has 1 aromatic heterocycles. The van der Waals surface area contributed by atoms with Crippen molar-refractivity contribution in [2.45, 2.75) is 26.8 Å². The van der Waals surface area contributed by atoms with Crippen molar-refractivity contribution in [3.05, 3.63) is 23.4 Å². The van der Waals surface area contributed by atoms with Gasteiger partial charge < -0.3 is 10.6 Å². The molecule has 1 heterocycles. The molecule has 0 saturated heterocycles. The van der Waals surface area contributed by atoms with Crippen molar-refractivity contribution in [3.8, 4) is 0 Å². The fourth-order valence-corrected chi connectivity index (χ4v) is 2.13. The average molecular weight is 219 g/mol. The van der Waals surface area contributed by atoms with Crippen LogP contribution in [0.25, 0.3) is 0 Å². The molecule has 88 valence electrons. The lowest BCUT2D eigenvalue weighted by Gasteiger charge is -2.19. The second kappa shape index (κ2) is 4.42. The summed E-state index contributed by atoms with van der Waals surface area (Å²) in [4.78, 5) is 6.81. The van der Waals surface area contributed by atoms with Crippen molar-refractivity contribution in [2.24, 2.45) is 17.6 Å². The minimum absolute atomic E-state index is 0.587. The molecule has 3 nitrogen and oxygen atoms in total. The van der Waals surface area contributed by atoms with Crippen LogP contribution in [0.5, 0.6) is 0 Å². The average Bonchev–Trinajstić information content (AvgIpc) is 2.93. The van der Waals surface area contributed by atoms with Gasteiger partial charge in [-0.15, -0.1) is 0 Å². The van der Waals surface area contributed by atoms with Crippen molar-refractivity contribution in [1.29, 1.82) is 0 Å². The van der Waals surface area contributed by atoms with Crippen LogP contribution in [-0.4, -0.2) is 18.6 Å². The highest BCUT2D eigenvalue weighted by atomic mass is 15.2. The molecule has 0 aliphatic heterocycles. The first-order valence-corrected chi connectivity index (χ1v) is 5.99. The first-order valence-electron chi connectivity index (χ1n) is 5.99. The van der Waals surface area contributed by atoms with Crippen LogP contribution < -0.4 is 10.6 Å². The summed E-state index contributed by atoms with van der Waals surface area (Å²) >= 11 is 0. The van der Waals surface area contributed by atoms with Gasteiger partial charge in [0.05, 0.1) is 0 Å². The lowest BCUT2D eigenvalue weighted by molar-refractivity contribution is 0.718. The van der Waals surface area contributed by atoms with Crippen LogP contribution in [-0.2, 0) is 6.54 Å². The number of rotatable bonds is 4. The Morgan fingerprint density at radius 2 is 2.19 bits per heavy atom. The minimum Gasteiger partial charge on any atom is -0.359 e. The van der Waals surface area contributed by atoms with E-state index in [2.05, 4.69) is 36.0 Å². The van der Waals surface area contributed by atoms with Gasteiger partial charge in [-0.3, -0.25) is 0 Å².